The van der Waals surface area contributed by atoms with Gasteiger partial charge in [-0.15, -0.1) is 0 Å². The van der Waals surface area contributed by atoms with E-state index < -0.39 is 52.0 Å². The fourth-order valence-electron chi connectivity index (χ4n) is 10.5. The number of methoxy groups -OCH3 is 1. The molecular weight excluding hydrogens is 663 g/mol. The van der Waals surface area contributed by atoms with Gasteiger partial charge in [0, 0.05) is 36.0 Å². The quantitative estimate of drug-likeness (QED) is 0.406. The Morgan fingerprint density at radius 2 is 1.94 bits per heavy atom. The number of carbonyl (C=O) groups excluding carboxylic acids is 4. The van der Waals surface area contributed by atoms with E-state index >= 15 is 4.39 Å². The van der Waals surface area contributed by atoms with Gasteiger partial charge in [-0.1, -0.05) is 37.2 Å². The predicted molar refractivity (Wildman–Crippen MR) is 184 cm³/mol. The summed E-state index contributed by atoms with van der Waals surface area (Å²) in [6, 6.07) is 6.47. The second-order valence-electron chi connectivity index (χ2n) is 15.2. The van der Waals surface area contributed by atoms with Crippen molar-refractivity contribution >= 4 is 40.7 Å². The standard InChI is InChI=1S/C37H45FN4O7S/c1-34-17-22-19-40-42(24-8-5-7-21(15-24)32(46)41-14-6-9-27(41)31(39)45)28(22)16-23(34)10-11-26-25-12-13-36(33(47)50-4,49-30(44)20-48-3)35(25,2)18-29(43)37(26,34)38/h5,7-8,15-16,19,25-27,29,43H,6,9-14,17-18,20H2,1-4H3,(H2,39,45)/t25-,26-,27+,29-,34-,35-,36-,37-/m0/s1. The summed E-state index contributed by atoms with van der Waals surface area (Å²) < 4.78 is 31.0. The Morgan fingerprint density at radius 1 is 1.16 bits per heavy atom. The van der Waals surface area contributed by atoms with E-state index in [9.17, 15) is 24.3 Å². The maximum Gasteiger partial charge on any atom is 0.333 e. The summed E-state index contributed by atoms with van der Waals surface area (Å²) in [5, 5.41) is 16.4. The molecule has 0 radical (unpaired) electrons. The third kappa shape index (κ3) is 4.78. The molecule has 3 N–H and O–H groups in total. The van der Waals surface area contributed by atoms with E-state index in [1.165, 1.54) is 12.0 Å². The molecule has 2 amide bonds. The summed E-state index contributed by atoms with van der Waals surface area (Å²) >= 11 is 0.995. The summed E-state index contributed by atoms with van der Waals surface area (Å²) in [6.07, 6.45) is 7.32. The van der Waals surface area contributed by atoms with Crippen molar-refractivity contribution < 1.29 is 38.1 Å². The van der Waals surface area contributed by atoms with Crippen LogP contribution in [0.2, 0.25) is 0 Å². The fourth-order valence-corrected chi connectivity index (χ4v) is 11.2. The Labute approximate surface area is 295 Å². The van der Waals surface area contributed by atoms with Crippen LogP contribution in [0.25, 0.3) is 11.8 Å². The molecule has 1 aromatic heterocycles. The third-order valence-electron chi connectivity index (χ3n) is 12.9. The van der Waals surface area contributed by atoms with Crippen LogP contribution in [0.5, 0.6) is 0 Å². The Morgan fingerprint density at radius 3 is 2.66 bits per heavy atom. The molecule has 50 heavy (non-hydrogen) atoms. The first-order valence-electron chi connectivity index (χ1n) is 17.4. The lowest BCUT2D eigenvalue weighted by Gasteiger charge is -2.63. The number of thioether (sulfide) groups is 1. The molecule has 2 heterocycles. The number of nitrogens with two attached hydrogens (primary N) is 1. The minimum atomic E-state index is -2.00. The predicted octanol–water partition coefficient (Wildman–Crippen LogP) is 4.03. The largest absolute Gasteiger partial charge is 0.448 e. The van der Waals surface area contributed by atoms with Crippen molar-refractivity contribution in [1.82, 2.24) is 14.7 Å². The summed E-state index contributed by atoms with van der Waals surface area (Å²) in [4.78, 5) is 53.3. The van der Waals surface area contributed by atoms with Crippen molar-refractivity contribution in [3.8, 4) is 5.69 Å². The molecule has 0 bridgehead atoms. The number of hydrogen-bond acceptors (Lipinski definition) is 9. The number of aliphatic hydroxyl groups excluding tert-OH is 1. The molecule has 5 aliphatic rings. The van der Waals surface area contributed by atoms with Gasteiger partial charge >= 0.3 is 5.97 Å². The maximum atomic E-state index is 18.2. The molecule has 4 fully saturated rings. The number of esters is 1. The van der Waals surface area contributed by atoms with E-state index in [0.29, 0.717) is 56.3 Å². The summed E-state index contributed by atoms with van der Waals surface area (Å²) in [7, 11) is 1.38. The van der Waals surface area contributed by atoms with Gasteiger partial charge in [0.15, 0.2) is 5.60 Å². The van der Waals surface area contributed by atoms with Crippen molar-refractivity contribution in [2.75, 3.05) is 26.5 Å². The number of primary amides is 1. The molecule has 0 unspecified atom stereocenters. The Balaban J connectivity index is 1.20. The van der Waals surface area contributed by atoms with Crippen molar-refractivity contribution in [2.45, 2.75) is 88.6 Å². The number of hydrogen-bond donors (Lipinski definition) is 2. The number of nitrogens with zero attached hydrogens (tertiary/aromatic N) is 3. The maximum absolute atomic E-state index is 18.2. The van der Waals surface area contributed by atoms with Crippen LogP contribution in [0.3, 0.4) is 0 Å². The van der Waals surface area contributed by atoms with Gasteiger partial charge < -0.3 is 25.2 Å². The monoisotopic (exact) mass is 708 g/mol. The first-order valence-corrected chi connectivity index (χ1v) is 18.6. The van der Waals surface area contributed by atoms with Crippen LogP contribution in [-0.2, 0) is 30.3 Å². The number of fused-ring (bicyclic) bond motifs is 6. The molecule has 7 rings (SSSR count). The van der Waals surface area contributed by atoms with E-state index in [2.05, 4.69) is 5.10 Å². The Kier molecular flexibility index (Phi) is 8.58. The molecule has 0 spiro atoms. The van der Waals surface area contributed by atoms with Crippen LogP contribution < -0.4 is 5.73 Å². The number of aromatic nitrogens is 2. The molecule has 4 aliphatic carbocycles. The molecule has 3 saturated carbocycles. The number of likely N-dealkylation sites (tertiary alicyclic amines) is 1. The van der Waals surface area contributed by atoms with Gasteiger partial charge in [-0.2, -0.15) is 5.10 Å². The number of benzene rings is 1. The van der Waals surface area contributed by atoms with Crippen molar-refractivity contribution in [3.63, 3.8) is 0 Å². The highest BCUT2D eigenvalue weighted by atomic mass is 32.2. The zero-order chi connectivity index (χ0) is 35.8. The van der Waals surface area contributed by atoms with E-state index in [1.807, 2.05) is 26.0 Å². The lowest BCUT2D eigenvalue weighted by molar-refractivity contribution is -0.229. The smallest absolute Gasteiger partial charge is 0.333 e. The molecule has 268 valence electrons. The number of rotatable bonds is 7. The first-order chi connectivity index (χ1) is 23.8. The highest BCUT2D eigenvalue weighted by molar-refractivity contribution is 8.13. The van der Waals surface area contributed by atoms with Gasteiger partial charge in [0.05, 0.1) is 23.7 Å². The number of alkyl halides is 1. The van der Waals surface area contributed by atoms with Gasteiger partial charge in [-0.25, -0.2) is 13.9 Å². The van der Waals surface area contributed by atoms with Gasteiger partial charge in [-0.05, 0) is 93.4 Å². The average molecular weight is 709 g/mol. The summed E-state index contributed by atoms with van der Waals surface area (Å²) in [5.74, 6) is -2.29. The minimum Gasteiger partial charge on any atom is -0.448 e. The normalized spacial score (nSPS) is 35.7. The van der Waals surface area contributed by atoms with Crippen LogP contribution >= 0.6 is 11.8 Å². The van der Waals surface area contributed by atoms with E-state index in [1.54, 1.807) is 35.3 Å². The first kappa shape index (κ1) is 34.9. The van der Waals surface area contributed by atoms with Crippen molar-refractivity contribution in [1.29, 1.82) is 0 Å². The second-order valence-corrected chi connectivity index (χ2v) is 16.0. The summed E-state index contributed by atoms with van der Waals surface area (Å²) in [5.41, 5.74) is 3.66. The Hall–Kier alpha value is -3.55. The lowest BCUT2D eigenvalue weighted by atomic mass is 9.44. The molecule has 13 heteroatoms. The molecule has 2 aromatic rings. The molecule has 1 aromatic carbocycles. The van der Waals surface area contributed by atoms with E-state index in [0.717, 1.165) is 28.6 Å². The van der Waals surface area contributed by atoms with Crippen LogP contribution in [0.4, 0.5) is 4.39 Å². The number of aliphatic hydroxyl groups is 1. The number of carbonyl (C=O) groups is 4. The minimum absolute atomic E-state index is 0.0271. The third-order valence-corrected chi connectivity index (χ3v) is 13.6. The average Bonchev–Trinajstić information content (AvgIpc) is 3.81. The van der Waals surface area contributed by atoms with Gasteiger partial charge in [0.1, 0.15) is 18.3 Å². The van der Waals surface area contributed by atoms with Crippen LogP contribution in [0.1, 0.15) is 80.4 Å². The van der Waals surface area contributed by atoms with Crippen LogP contribution in [-0.4, -0.2) is 92.6 Å². The van der Waals surface area contributed by atoms with Crippen LogP contribution in [0.15, 0.2) is 36.0 Å². The lowest BCUT2D eigenvalue weighted by Crippen LogP contribution is -2.70. The highest BCUT2D eigenvalue weighted by Gasteiger charge is 2.75. The summed E-state index contributed by atoms with van der Waals surface area (Å²) in [6.45, 7) is 3.94. The fraction of sp³-hybridized carbons (Fsp3) is 0.595. The zero-order valence-corrected chi connectivity index (χ0v) is 29.8. The molecule has 8 atom stereocenters. The SMILES string of the molecule is COCC(=O)O[C@]1(C(=O)SC)CC[C@H]2[C@@H]3CCC4=Cc5c(cnn5-c5cccc(C(=O)N6CCC[C@@H]6C(N)=O)c5)C[C@]4(C)[C@@]3(F)[C@@H](O)C[C@@]21C. The number of halogens is 1. The van der Waals surface area contributed by atoms with Crippen molar-refractivity contribution in [2.24, 2.45) is 28.4 Å². The van der Waals surface area contributed by atoms with Gasteiger partial charge in [0.25, 0.3) is 5.91 Å². The molecule has 1 aliphatic heterocycles. The van der Waals surface area contributed by atoms with Crippen LogP contribution in [0, 0.1) is 22.7 Å². The Bertz CT molecular complexity index is 1800. The topological polar surface area (TPSA) is 154 Å². The molecular formula is C37H45FN4O7S. The second kappa shape index (κ2) is 12.3. The van der Waals surface area contributed by atoms with Crippen molar-refractivity contribution in [3.05, 3.63) is 52.9 Å². The zero-order valence-electron chi connectivity index (χ0n) is 28.9. The van der Waals surface area contributed by atoms with E-state index in [4.69, 9.17) is 15.2 Å². The number of ether oxygens (including phenoxy) is 2. The highest BCUT2D eigenvalue weighted by Crippen LogP contribution is 2.71. The van der Waals surface area contributed by atoms with Gasteiger partial charge in [0.2, 0.25) is 11.0 Å². The number of allylic oxidation sites excluding steroid dienone is 1. The van der Waals surface area contributed by atoms with Gasteiger partial charge in [-0.3, -0.25) is 14.4 Å². The molecule has 11 nitrogen and oxygen atoms in total. The van der Waals surface area contributed by atoms with E-state index in [-0.39, 0.29) is 36.4 Å². The number of amides is 2. The molecule has 1 saturated heterocycles.